The Hall–Kier alpha value is -3.57. The molecule has 0 spiro atoms. The molecule has 6 heteroatoms. The van der Waals surface area contributed by atoms with Crippen LogP contribution in [-0.4, -0.2) is 29.0 Å². The zero-order chi connectivity index (χ0) is 22.5. The third kappa shape index (κ3) is 3.58. The van der Waals surface area contributed by atoms with E-state index < -0.39 is 0 Å². The molecule has 2 aliphatic rings. The standard InChI is InChI=1S/C27H23ClN4O/c1-32-24-9-8-19(28)15-22(24)25(18-6-7-18)31-23(27(32)33)14-16-2-4-17(5-3-16)20-10-12-29-26-21(20)11-13-30-26/h2-5,8-13,15,23,31H,6-7,14H2,1H3,(H,29,30). The zero-order valence-electron chi connectivity index (χ0n) is 18.2. The first-order valence-electron chi connectivity index (χ1n) is 11.2. The summed E-state index contributed by atoms with van der Waals surface area (Å²) in [6.07, 6.45) is 6.47. The SMILES string of the molecule is CN1C(=O)C(Cc2ccc(-c3ccnc4[nH]ccc34)cc2)NC(=C2CC2)c2cc(Cl)ccc21. The molecule has 1 amide bonds. The number of benzene rings is 2. The molecule has 2 aromatic carbocycles. The van der Waals surface area contributed by atoms with Gasteiger partial charge >= 0.3 is 0 Å². The van der Waals surface area contributed by atoms with Crippen molar-refractivity contribution >= 4 is 39.9 Å². The van der Waals surface area contributed by atoms with Crippen molar-refractivity contribution in [3.8, 4) is 11.1 Å². The van der Waals surface area contributed by atoms with Crippen molar-refractivity contribution in [1.82, 2.24) is 15.3 Å². The van der Waals surface area contributed by atoms with E-state index in [-0.39, 0.29) is 11.9 Å². The number of likely N-dealkylation sites (N-methyl/N-ethyl adjacent to an activating group) is 1. The smallest absolute Gasteiger partial charge is 0.249 e. The van der Waals surface area contributed by atoms with E-state index >= 15 is 0 Å². The predicted octanol–water partition coefficient (Wildman–Crippen LogP) is 5.57. The number of amides is 1. The second kappa shape index (κ2) is 7.78. The third-order valence-electron chi connectivity index (χ3n) is 6.56. The first-order valence-corrected chi connectivity index (χ1v) is 11.5. The van der Waals surface area contributed by atoms with Crippen molar-refractivity contribution in [2.24, 2.45) is 0 Å². The van der Waals surface area contributed by atoms with Gasteiger partial charge in [0.1, 0.15) is 11.7 Å². The lowest BCUT2D eigenvalue weighted by atomic mass is 9.99. The molecule has 6 rings (SSSR count). The maximum atomic E-state index is 13.4. The van der Waals surface area contributed by atoms with Crippen molar-refractivity contribution in [2.75, 3.05) is 11.9 Å². The number of carbonyl (C=O) groups is 1. The molecule has 0 saturated heterocycles. The summed E-state index contributed by atoms with van der Waals surface area (Å²) in [5.74, 6) is 0.0575. The number of halogens is 1. The largest absolute Gasteiger partial charge is 0.373 e. The summed E-state index contributed by atoms with van der Waals surface area (Å²) in [5, 5.41) is 5.35. The summed E-state index contributed by atoms with van der Waals surface area (Å²) in [5.41, 5.74) is 8.60. The van der Waals surface area contributed by atoms with Gasteiger partial charge in [-0.15, -0.1) is 0 Å². The van der Waals surface area contributed by atoms with Gasteiger partial charge in [0.15, 0.2) is 0 Å². The van der Waals surface area contributed by atoms with E-state index in [1.54, 1.807) is 4.90 Å². The van der Waals surface area contributed by atoms with Crippen LogP contribution in [0.15, 0.2) is 72.6 Å². The number of rotatable bonds is 3. The Morgan fingerprint density at radius 1 is 1.06 bits per heavy atom. The zero-order valence-corrected chi connectivity index (χ0v) is 19.0. The molecule has 164 valence electrons. The van der Waals surface area contributed by atoms with Gasteiger partial charge in [-0.3, -0.25) is 4.79 Å². The summed E-state index contributed by atoms with van der Waals surface area (Å²) in [6, 6.07) is 18.0. The van der Waals surface area contributed by atoms with Crippen LogP contribution in [0.1, 0.15) is 24.0 Å². The van der Waals surface area contributed by atoms with E-state index in [1.165, 1.54) is 5.57 Å². The quantitative estimate of drug-likeness (QED) is 0.425. The number of hydrogen-bond donors (Lipinski definition) is 2. The highest BCUT2D eigenvalue weighted by Crippen LogP contribution is 2.41. The van der Waals surface area contributed by atoms with Gasteiger partial charge in [0.05, 0.1) is 5.69 Å². The van der Waals surface area contributed by atoms with Gasteiger partial charge in [-0.1, -0.05) is 35.9 Å². The van der Waals surface area contributed by atoms with Crippen molar-refractivity contribution < 1.29 is 4.79 Å². The second-order valence-electron chi connectivity index (χ2n) is 8.73. The van der Waals surface area contributed by atoms with Crippen LogP contribution in [-0.2, 0) is 11.2 Å². The molecular formula is C27H23ClN4O. The van der Waals surface area contributed by atoms with Gasteiger partial charge in [-0.05, 0) is 65.4 Å². The highest BCUT2D eigenvalue weighted by Gasteiger charge is 2.33. The number of aromatic nitrogens is 2. The molecule has 1 saturated carbocycles. The monoisotopic (exact) mass is 454 g/mol. The highest BCUT2D eigenvalue weighted by atomic mass is 35.5. The number of nitrogens with one attached hydrogen (secondary N) is 2. The normalized spacial score (nSPS) is 17.7. The Morgan fingerprint density at radius 3 is 2.67 bits per heavy atom. The van der Waals surface area contributed by atoms with Crippen LogP contribution >= 0.6 is 11.6 Å². The van der Waals surface area contributed by atoms with Gasteiger partial charge in [0.2, 0.25) is 5.91 Å². The number of fused-ring (bicyclic) bond motifs is 2. The fourth-order valence-corrected chi connectivity index (χ4v) is 4.85. The number of aromatic amines is 1. The molecule has 4 aromatic rings. The summed E-state index contributed by atoms with van der Waals surface area (Å²) >= 11 is 6.31. The Balaban J connectivity index is 1.31. The molecule has 2 aromatic heterocycles. The van der Waals surface area contributed by atoms with E-state index in [0.717, 1.165) is 57.5 Å². The van der Waals surface area contributed by atoms with E-state index in [0.29, 0.717) is 11.4 Å². The van der Waals surface area contributed by atoms with Crippen molar-refractivity contribution in [1.29, 1.82) is 0 Å². The van der Waals surface area contributed by atoms with E-state index in [2.05, 4.69) is 39.6 Å². The molecule has 0 bridgehead atoms. The number of anilines is 1. The molecule has 0 radical (unpaired) electrons. The minimum absolute atomic E-state index is 0.0575. The molecule has 1 fully saturated rings. The van der Waals surface area contributed by atoms with Crippen molar-refractivity contribution in [2.45, 2.75) is 25.3 Å². The highest BCUT2D eigenvalue weighted by molar-refractivity contribution is 6.31. The fourth-order valence-electron chi connectivity index (χ4n) is 4.68. The lowest BCUT2D eigenvalue weighted by Gasteiger charge is -2.21. The van der Waals surface area contributed by atoms with Gasteiger partial charge in [0, 0.05) is 47.5 Å². The molecule has 2 N–H and O–H groups in total. The lowest BCUT2D eigenvalue weighted by Crippen LogP contribution is -2.43. The molecule has 1 aliphatic carbocycles. The van der Waals surface area contributed by atoms with E-state index in [9.17, 15) is 4.79 Å². The molecule has 3 heterocycles. The van der Waals surface area contributed by atoms with E-state index in [4.69, 9.17) is 11.6 Å². The number of allylic oxidation sites excluding steroid dienone is 1. The number of hydrogen-bond acceptors (Lipinski definition) is 3. The van der Waals surface area contributed by atoms with Crippen molar-refractivity contribution in [3.63, 3.8) is 0 Å². The molecule has 33 heavy (non-hydrogen) atoms. The Bertz CT molecular complexity index is 1410. The number of pyridine rings is 1. The Kier molecular flexibility index (Phi) is 4.73. The second-order valence-corrected chi connectivity index (χ2v) is 9.17. The molecular weight excluding hydrogens is 432 g/mol. The predicted molar refractivity (Wildman–Crippen MR) is 133 cm³/mol. The van der Waals surface area contributed by atoms with E-state index in [1.807, 2.05) is 49.8 Å². The summed E-state index contributed by atoms with van der Waals surface area (Å²) < 4.78 is 0. The molecule has 1 unspecified atom stereocenters. The number of H-pyrrole nitrogens is 1. The summed E-state index contributed by atoms with van der Waals surface area (Å²) in [4.78, 5) is 22.7. The minimum atomic E-state index is -0.340. The maximum Gasteiger partial charge on any atom is 0.249 e. The van der Waals surface area contributed by atoms with Crippen LogP contribution in [0, 0.1) is 0 Å². The first-order chi connectivity index (χ1) is 16.1. The molecule has 1 aliphatic heterocycles. The van der Waals surface area contributed by atoms with Crippen LogP contribution in [0.5, 0.6) is 0 Å². The Labute approximate surface area is 197 Å². The number of carbonyl (C=O) groups excluding carboxylic acids is 1. The van der Waals surface area contributed by atoms with Crippen LogP contribution < -0.4 is 10.2 Å². The van der Waals surface area contributed by atoms with Crippen LogP contribution in [0.3, 0.4) is 0 Å². The van der Waals surface area contributed by atoms with Crippen molar-refractivity contribution in [3.05, 3.63) is 88.7 Å². The maximum absolute atomic E-state index is 13.4. The lowest BCUT2D eigenvalue weighted by molar-refractivity contribution is -0.119. The summed E-state index contributed by atoms with van der Waals surface area (Å²) in [6.45, 7) is 0. The Morgan fingerprint density at radius 2 is 1.88 bits per heavy atom. The van der Waals surface area contributed by atoms with Crippen LogP contribution in [0.2, 0.25) is 5.02 Å². The first kappa shape index (κ1) is 20.1. The van der Waals surface area contributed by atoms with Crippen LogP contribution in [0.4, 0.5) is 5.69 Å². The summed E-state index contributed by atoms with van der Waals surface area (Å²) in [7, 11) is 1.85. The topological polar surface area (TPSA) is 61.0 Å². The van der Waals surface area contributed by atoms with Gasteiger partial charge < -0.3 is 15.2 Å². The average molecular weight is 455 g/mol. The third-order valence-corrected chi connectivity index (χ3v) is 6.79. The minimum Gasteiger partial charge on any atom is -0.373 e. The molecule has 1 atom stereocenters. The average Bonchev–Trinajstić information content (AvgIpc) is 3.57. The van der Waals surface area contributed by atoms with Gasteiger partial charge in [-0.25, -0.2) is 4.98 Å². The van der Waals surface area contributed by atoms with Crippen LogP contribution in [0.25, 0.3) is 27.9 Å². The molecule has 5 nitrogen and oxygen atoms in total. The van der Waals surface area contributed by atoms with Gasteiger partial charge in [-0.2, -0.15) is 0 Å². The fraction of sp³-hybridized carbons (Fsp3) is 0.185. The van der Waals surface area contributed by atoms with Gasteiger partial charge in [0.25, 0.3) is 0 Å². The number of nitrogens with zero attached hydrogens (tertiary/aromatic N) is 2.